The zero-order chi connectivity index (χ0) is 18.4. The lowest BCUT2D eigenvalue weighted by Gasteiger charge is -2.06. The van der Waals surface area contributed by atoms with Crippen molar-refractivity contribution in [2.75, 3.05) is 0 Å². The Morgan fingerprint density at radius 2 is 1.96 bits per heavy atom. The first-order chi connectivity index (χ1) is 13.2. The lowest BCUT2D eigenvalue weighted by atomic mass is 10.3. The third-order valence-electron chi connectivity index (χ3n) is 3.92. The van der Waals surface area contributed by atoms with Crippen LogP contribution in [0.25, 0.3) is 27.0 Å². The highest BCUT2D eigenvalue weighted by atomic mass is 32.1. The number of halogens is 1. The Hall–Kier alpha value is -3.59. The highest BCUT2D eigenvalue weighted by Gasteiger charge is 2.14. The third kappa shape index (κ3) is 2.74. The molecule has 0 aliphatic rings. The average molecular weight is 380 g/mol. The lowest BCUT2D eigenvalue weighted by molar-refractivity contribution is 0.467. The van der Waals surface area contributed by atoms with Crippen molar-refractivity contribution in [1.29, 1.82) is 0 Å². The molecule has 0 aliphatic heterocycles. The van der Waals surface area contributed by atoms with Gasteiger partial charge in [0, 0.05) is 6.07 Å². The van der Waals surface area contributed by atoms with Crippen molar-refractivity contribution in [3.05, 3.63) is 70.5 Å². The van der Waals surface area contributed by atoms with Gasteiger partial charge in [0.05, 0.1) is 16.6 Å². The molecule has 9 heteroatoms. The molecule has 3 aromatic heterocycles. The molecule has 27 heavy (non-hydrogen) atoms. The van der Waals surface area contributed by atoms with E-state index in [0.29, 0.717) is 33.9 Å². The Morgan fingerprint density at radius 1 is 1.11 bits per heavy atom. The first kappa shape index (κ1) is 15.6. The van der Waals surface area contributed by atoms with Crippen LogP contribution in [0.2, 0.25) is 0 Å². The minimum atomic E-state index is -0.368. The van der Waals surface area contributed by atoms with E-state index in [1.165, 1.54) is 18.5 Å². The number of fused-ring (bicyclic) bond motifs is 2. The van der Waals surface area contributed by atoms with Crippen LogP contribution in [0.3, 0.4) is 0 Å². The van der Waals surface area contributed by atoms with E-state index in [2.05, 4.69) is 15.1 Å². The molecule has 132 valence electrons. The van der Waals surface area contributed by atoms with Gasteiger partial charge in [-0.1, -0.05) is 11.3 Å². The summed E-state index contributed by atoms with van der Waals surface area (Å²) >= 11 is 1.03. The van der Waals surface area contributed by atoms with E-state index < -0.39 is 0 Å². The number of hydrogen-bond acceptors (Lipinski definition) is 7. The van der Waals surface area contributed by atoms with Gasteiger partial charge < -0.3 is 9.15 Å². The summed E-state index contributed by atoms with van der Waals surface area (Å²) < 4.78 is 26.4. The smallest absolute Gasteiger partial charge is 0.396 e. The number of hydrogen-bond donors (Lipinski definition) is 0. The highest BCUT2D eigenvalue weighted by molar-refractivity contribution is 7.16. The van der Waals surface area contributed by atoms with Crippen molar-refractivity contribution in [2.45, 2.75) is 0 Å². The van der Waals surface area contributed by atoms with Gasteiger partial charge in [0.2, 0.25) is 5.88 Å². The quantitative estimate of drug-likeness (QED) is 0.472. The monoisotopic (exact) mass is 380 g/mol. The van der Waals surface area contributed by atoms with Crippen LogP contribution in [-0.4, -0.2) is 19.7 Å². The molecule has 0 bridgehead atoms. The molecule has 0 unspecified atom stereocenters. The Kier molecular flexibility index (Phi) is 3.47. The topological polar surface area (TPSA) is 83.0 Å². The second-order valence-electron chi connectivity index (χ2n) is 5.61. The van der Waals surface area contributed by atoms with Gasteiger partial charge in [0.25, 0.3) is 0 Å². The summed E-state index contributed by atoms with van der Waals surface area (Å²) in [6, 6.07) is 11.0. The molecule has 0 N–H and O–H groups in total. The minimum absolute atomic E-state index is 0.310. The van der Waals surface area contributed by atoms with E-state index in [4.69, 9.17) is 9.15 Å². The van der Waals surface area contributed by atoms with E-state index in [1.807, 2.05) is 0 Å². The summed E-state index contributed by atoms with van der Waals surface area (Å²) in [5.41, 5.74) is 1.64. The SMILES string of the molecule is O=c1oc2cc(Oc3ncnc4c3cnn4-c3ccc(F)cc3)ccc2s1. The molecule has 0 amide bonds. The molecule has 5 rings (SSSR count). The maximum Gasteiger partial charge on any atom is 0.396 e. The van der Waals surface area contributed by atoms with E-state index >= 15 is 0 Å². The number of rotatable bonds is 3. The summed E-state index contributed by atoms with van der Waals surface area (Å²) in [6.45, 7) is 0. The van der Waals surface area contributed by atoms with Crippen LogP contribution in [0.4, 0.5) is 4.39 Å². The van der Waals surface area contributed by atoms with E-state index in [-0.39, 0.29) is 10.8 Å². The average Bonchev–Trinajstić information content (AvgIpc) is 3.25. The van der Waals surface area contributed by atoms with Crippen molar-refractivity contribution in [1.82, 2.24) is 19.7 Å². The van der Waals surface area contributed by atoms with Gasteiger partial charge in [-0.25, -0.2) is 23.8 Å². The second-order valence-corrected chi connectivity index (χ2v) is 6.59. The normalized spacial score (nSPS) is 11.3. The Bertz CT molecular complexity index is 1340. The number of nitrogens with zero attached hydrogens (tertiary/aromatic N) is 4. The van der Waals surface area contributed by atoms with Crippen LogP contribution in [-0.2, 0) is 0 Å². The van der Waals surface area contributed by atoms with Crippen LogP contribution in [0.15, 0.2) is 64.2 Å². The molecule has 0 saturated carbocycles. The molecule has 0 radical (unpaired) electrons. The number of benzene rings is 2. The summed E-state index contributed by atoms with van der Waals surface area (Å²) in [5, 5.41) is 4.90. The summed E-state index contributed by atoms with van der Waals surface area (Å²) in [4.78, 5) is 19.4. The number of ether oxygens (including phenoxy) is 1. The predicted molar refractivity (Wildman–Crippen MR) is 97.1 cm³/mol. The molecule has 0 atom stereocenters. The molecule has 7 nitrogen and oxygen atoms in total. The number of aromatic nitrogens is 4. The van der Waals surface area contributed by atoms with E-state index in [1.54, 1.807) is 41.2 Å². The van der Waals surface area contributed by atoms with Crippen LogP contribution >= 0.6 is 11.3 Å². The summed E-state index contributed by atoms with van der Waals surface area (Å²) in [7, 11) is 0. The fraction of sp³-hybridized carbons (Fsp3) is 0. The van der Waals surface area contributed by atoms with Crippen molar-refractivity contribution in [3.63, 3.8) is 0 Å². The fourth-order valence-corrected chi connectivity index (χ4v) is 3.35. The standard InChI is InChI=1S/C18H9FN4O3S/c19-10-1-3-11(4-2-10)23-16-13(8-22-23)17(21-9-20-16)25-12-5-6-15-14(7-12)26-18(24)27-15/h1-9H. The Labute approximate surface area is 154 Å². The van der Waals surface area contributed by atoms with Gasteiger partial charge in [-0.3, -0.25) is 0 Å². The molecule has 2 aromatic carbocycles. The molecule has 0 fully saturated rings. The lowest BCUT2D eigenvalue weighted by Crippen LogP contribution is -1.98. The molecule has 0 aliphatic carbocycles. The highest BCUT2D eigenvalue weighted by Crippen LogP contribution is 2.30. The zero-order valence-corrected chi connectivity index (χ0v) is 14.3. The molecule has 0 saturated heterocycles. The van der Waals surface area contributed by atoms with Crippen LogP contribution in [0.5, 0.6) is 11.6 Å². The minimum Gasteiger partial charge on any atom is -0.438 e. The van der Waals surface area contributed by atoms with Gasteiger partial charge in [0.1, 0.15) is 23.3 Å². The van der Waals surface area contributed by atoms with Crippen molar-refractivity contribution >= 4 is 32.7 Å². The van der Waals surface area contributed by atoms with Crippen molar-refractivity contribution in [3.8, 4) is 17.3 Å². The molecule has 0 spiro atoms. The van der Waals surface area contributed by atoms with Crippen LogP contribution in [0.1, 0.15) is 0 Å². The zero-order valence-electron chi connectivity index (χ0n) is 13.5. The Balaban J connectivity index is 1.57. The van der Waals surface area contributed by atoms with Gasteiger partial charge in [-0.2, -0.15) is 5.10 Å². The molecule has 5 aromatic rings. The van der Waals surface area contributed by atoms with Gasteiger partial charge in [0.15, 0.2) is 11.2 Å². The first-order valence-corrected chi connectivity index (χ1v) is 8.65. The molecular weight excluding hydrogens is 371 g/mol. The largest absolute Gasteiger partial charge is 0.438 e. The van der Waals surface area contributed by atoms with Gasteiger partial charge >= 0.3 is 4.94 Å². The summed E-state index contributed by atoms with van der Waals surface area (Å²) in [5.74, 6) is 0.452. The predicted octanol–water partition coefficient (Wildman–Crippen LogP) is 3.91. The third-order valence-corrected chi connectivity index (χ3v) is 4.72. The molecular formula is C18H9FN4O3S. The molecule has 3 heterocycles. The van der Waals surface area contributed by atoms with Crippen molar-refractivity contribution < 1.29 is 13.5 Å². The van der Waals surface area contributed by atoms with Gasteiger partial charge in [-0.05, 0) is 36.4 Å². The Morgan fingerprint density at radius 3 is 2.81 bits per heavy atom. The first-order valence-electron chi connectivity index (χ1n) is 7.83. The van der Waals surface area contributed by atoms with Crippen molar-refractivity contribution in [2.24, 2.45) is 0 Å². The maximum absolute atomic E-state index is 13.2. The second kappa shape index (κ2) is 5.99. The van der Waals surface area contributed by atoms with E-state index in [9.17, 15) is 9.18 Å². The van der Waals surface area contributed by atoms with E-state index in [0.717, 1.165) is 16.0 Å². The summed E-state index contributed by atoms with van der Waals surface area (Å²) in [6.07, 6.45) is 2.94. The van der Waals surface area contributed by atoms with Crippen LogP contribution in [0, 0.1) is 5.82 Å². The van der Waals surface area contributed by atoms with Gasteiger partial charge in [-0.15, -0.1) is 0 Å². The van der Waals surface area contributed by atoms with Crippen LogP contribution < -0.4 is 9.68 Å². The fourth-order valence-electron chi connectivity index (χ4n) is 2.70. The maximum atomic E-state index is 13.2.